The molecule has 0 spiro atoms. The summed E-state index contributed by atoms with van der Waals surface area (Å²) < 4.78 is 17.7. The summed E-state index contributed by atoms with van der Waals surface area (Å²) in [6.07, 6.45) is 5.47. The first-order chi connectivity index (χ1) is 10.4. The fraction of sp³-hybridized carbons (Fsp3) is 0.857. The van der Waals surface area contributed by atoms with Gasteiger partial charge in [-0.25, -0.2) is 4.68 Å². The number of methoxy groups -OCH3 is 1. The molecule has 1 aliphatic carbocycles. The third kappa shape index (κ3) is 7.52. The number of ether oxygens (including phenoxy) is 3. The molecule has 7 nitrogen and oxygen atoms in total. The van der Waals surface area contributed by atoms with Crippen molar-refractivity contribution >= 4 is 0 Å². The van der Waals surface area contributed by atoms with E-state index in [2.05, 4.69) is 15.6 Å². The molecule has 0 aliphatic heterocycles. The summed E-state index contributed by atoms with van der Waals surface area (Å²) in [4.78, 5) is 0. The van der Waals surface area contributed by atoms with E-state index in [-0.39, 0.29) is 0 Å². The van der Waals surface area contributed by atoms with Crippen LogP contribution >= 0.6 is 0 Å². The van der Waals surface area contributed by atoms with Gasteiger partial charge in [-0.05, 0) is 19.3 Å². The minimum absolute atomic E-state index is 0.609. The zero-order valence-corrected chi connectivity index (χ0v) is 12.8. The maximum atomic E-state index is 5.50. The lowest BCUT2D eigenvalue weighted by molar-refractivity contribution is 0.0366. The number of nitrogens with one attached hydrogen (secondary N) is 1. The van der Waals surface area contributed by atoms with Crippen LogP contribution in [-0.2, 0) is 27.3 Å². The lowest BCUT2D eigenvalue weighted by Gasteiger charge is -2.05. The van der Waals surface area contributed by atoms with Crippen LogP contribution in [0.5, 0.6) is 0 Å². The van der Waals surface area contributed by atoms with Gasteiger partial charge in [0.1, 0.15) is 0 Å². The molecule has 120 valence electrons. The molecule has 0 unspecified atom stereocenters. The molecule has 0 saturated heterocycles. The third-order valence-corrected chi connectivity index (χ3v) is 3.21. The van der Waals surface area contributed by atoms with Crippen molar-refractivity contribution in [1.82, 2.24) is 20.3 Å². The van der Waals surface area contributed by atoms with Crippen LogP contribution in [0.25, 0.3) is 0 Å². The molecule has 0 radical (unpaired) electrons. The van der Waals surface area contributed by atoms with Crippen molar-refractivity contribution in [3.8, 4) is 0 Å². The zero-order chi connectivity index (χ0) is 14.8. The lowest BCUT2D eigenvalue weighted by Crippen LogP contribution is -2.15. The Morgan fingerprint density at radius 2 is 2.00 bits per heavy atom. The largest absolute Gasteiger partial charge is 0.385 e. The molecular formula is C14H26N4O3. The van der Waals surface area contributed by atoms with Gasteiger partial charge in [-0.1, -0.05) is 5.21 Å². The van der Waals surface area contributed by atoms with Crippen LogP contribution in [0.1, 0.15) is 25.0 Å². The number of rotatable bonds is 13. The first kappa shape index (κ1) is 16.4. The second kappa shape index (κ2) is 9.83. The minimum Gasteiger partial charge on any atom is -0.385 e. The van der Waals surface area contributed by atoms with Gasteiger partial charge >= 0.3 is 0 Å². The van der Waals surface area contributed by atoms with Crippen LogP contribution in [-0.4, -0.2) is 61.2 Å². The van der Waals surface area contributed by atoms with Crippen molar-refractivity contribution in [2.24, 2.45) is 0 Å². The maximum absolute atomic E-state index is 5.50. The monoisotopic (exact) mass is 298 g/mol. The summed E-state index contributed by atoms with van der Waals surface area (Å²) in [6.45, 7) is 4.85. The summed E-state index contributed by atoms with van der Waals surface area (Å²) in [6, 6.07) is 0.697. The molecule has 1 aromatic rings. The molecule has 1 fully saturated rings. The van der Waals surface area contributed by atoms with E-state index in [1.807, 2.05) is 10.9 Å². The summed E-state index contributed by atoms with van der Waals surface area (Å²) in [7, 11) is 1.70. The van der Waals surface area contributed by atoms with Gasteiger partial charge in [-0.15, -0.1) is 5.10 Å². The fourth-order valence-corrected chi connectivity index (χ4v) is 1.85. The van der Waals surface area contributed by atoms with Crippen molar-refractivity contribution in [1.29, 1.82) is 0 Å². The Bertz CT molecular complexity index is 382. The lowest BCUT2D eigenvalue weighted by atomic mass is 10.4. The Morgan fingerprint density at radius 1 is 1.19 bits per heavy atom. The molecular weight excluding hydrogens is 272 g/mol. The Kier molecular flexibility index (Phi) is 7.66. The van der Waals surface area contributed by atoms with Crippen molar-refractivity contribution in [2.75, 3.05) is 40.1 Å². The van der Waals surface area contributed by atoms with E-state index >= 15 is 0 Å². The van der Waals surface area contributed by atoms with E-state index < -0.39 is 0 Å². The van der Waals surface area contributed by atoms with E-state index in [1.54, 1.807) is 7.11 Å². The summed E-state index contributed by atoms with van der Waals surface area (Å²) in [5.41, 5.74) is 0.989. The first-order valence-corrected chi connectivity index (χ1v) is 7.65. The highest BCUT2D eigenvalue weighted by molar-refractivity contribution is 4.94. The minimum atomic E-state index is 0.609. The van der Waals surface area contributed by atoms with E-state index in [0.29, 0.717) is 25.9 Å². The topological polar surface area (TPSA) is 70.4 Å². The van der Waals surface area contributed by atoms with Crippen molar-refractivity contribution < 1.29 is 14.2 Å². The molecule has 1 N–H and O–H groups in total. The molecule has 7 heteroatoms. The molecule has 1 heterocycles. The van der Waals surface area contributed by atoms with Gasteiger partial charge in [-0.2, -0.15) is 0 Å². The smallest absolute Gasteiger partial charge is 0.0964 e. The number of hydrogen-bond acceptors (Lipinski definition) is 6. The average molecular weight is 298 g/mol. The van der Waals surface area contributed by atoms with Gasteiger partial charge in [0.25, 0.3) is 0 Å². The van der Waals surface area contributed by atoms with Gasteiger partial charge in [-0.3, -0.25) is 0 Å². The fourth-order valence-electron chi connectivity index (χ4n) is 1.85. The molecule has 2 rings (SSSR count). The van der Waals surface area contributed by atoms with Crippen LogP contribution in [0, 0.1) is 0 Å². The second-order valence-electron chi connectivity index (χ2n) is 5.20. The van der Waals surface area contributed by atoms with Gasteiger partial charge in [0.2, 0.25) is 0 Å². The number of nitrogens with zero attached hydrogens (tertiary/aromatic N) is 3. The predicted octanol–water partition coefficient (Wildman–Crippen LogP) is 0.600. The number of aromatic nitrogens is 3. The molecule has 21 heavy (non-hydrogen) atoms. The molecule has 1 saturated carbocycles. The van der Waals surface area contributed by atoms with Gasteiger partial charge < -0.3 is 19.5 Å². The molecule has 0 amide bonds. The predicted molar refractivity (Wildman–Crippen MR) is 78.0 cm³/mol. The second-order valence-corrected chi connectivity index (χ2v) is 5.20. The highest BCUT2D eigenvalue weighted by atomic mass is 16.5. The highest BCUT2D eigenvalue weighted by Gasteiger charge is 2.20. The van der Waals surface area contributed by atoms with Crippen LogP contribution in [0.3, 0.4) is 0 Å². The van der Waals surface area contributed by atoms with Crippen molar-refractivity contribution in [3.05, 3.63) is 11.9 Å². The number of hydrogen-bond donors (Lipinski definition) is 1. The van der Waals surface area contributed by atoms with Gasteiger partial charge in [0.05, 0.1) is 32.1 Å². The summed E-state index contributed by atoms with van der Waals surface area (Å²) in [5.74, 6) is 0. The summed E-state index contributed by atoms with van der Waals surface area (Å²) in [5, 5.41) is 11.6. The Labute approximate surface area is 125 Å². The van der Waals surface area contributed by atoms with E-state index in [4.69, 9.17) is 14.2 Å². The van der Waals surface area contributed by atoms with Crippen LogP contribution < -0.4 is 5.32 Å². The molecule has 0 aromatic carbocycles. The third-order valence-electron chi connectivity index (χ3n) is 3.21. The Hall–Kier alpha value is -1.02. The van der Waals surface area contributed by atoms with Crippen LogP contribution in [0.2, 0.25) is 0 Å². The average Bonchev–Trinajstić information content (AvgIpc) is 3.22. The molecule has 1 aromatic heterocycles. The zero-order valence-electron chi connectivity index (χ0n) is 12.8. The standard InChI is InChI=1S/C14H26N4O3/c1-19-6-2-7-20-9-10-21-8-5-18-12-14(16-17-18)11-15-13-3-4-13/h12-13,15H,2-11H2,1H3. The SMILES string of the molecule is COCCCOCCOCCn1cc(CNC2CC2)nn1. The highest BCUT2D eigenvalue weighted by Crippen LogP contribution is 2.18. The van der Waals surface area contributed by atoms with Crippen LogP contribution in [0.4, 0.5) is 0 Å². The Balaban J connectivity index is 1.43. The Morgan fingerprint density at radius 3 is 2.76 bits per heavy atom. The first-order valence-electron chi connectivity index (χ1n) is 7.65. The summed E-state index contributed by atoms with van der Waals surface area (Å²) >= 11 is 0. The van der Waals surface area contributed by atoms with Crippen molar-refractivity contribution in [2.45, 2.75) is 38.4 Å². The van der Waals surface area contributed by atoms with Gasteiger partial charge in [0.15, 0.2) is 0 Å². The quantitative estimate of drug-likeness (QED) is 0.538. The van der Waals surface area contributed by atoms with E-state index in [1.165, 1.54) is 12.8 Å². The molecule has 0 bridgehead atoms. The van der Waals surface area contributed by atoms with E-state index in [9.17, 15) is 0 Å². The van der Waals surface area contributed by atoms with E-state index in [0.717, 1.165) is 38.4 Å². The van der Waals surface area contributed by atoms with Crippen LogP contribution in [0.15, 0.2) is 6.20 Å². The van der Waals surface area contributed by atoms with Gasteiger partial charge in [0, 0.05) is 39.1 Å². The molecule has 1 aliphatic rings. The normalized spacial score (nSPS) is 14.7. The molecule has 0 atom stereocenters. The van der Waals surface area contributed by atoms with Crippen molar-refractivity contribution in [3.63, 3.8) is 0 Å². The maximum Gasteiger partial charge on any atom is 0.0964 e.